The van der Waals surface area contributed by atoms with E-state index >= 15 is 0 Å². The fourth-order valence-corrected chi connectivity index (χ4v) is 5.22. The molecule has 1 aliphatic rings. The molecule has 4 rings (SSSR count). The number of carbonyl (C=O) groups is 4. The van der Waals surface area contributed by atoms with E-state index in [1.54, 1.807) is 30.1 Å². The predicted octanol–water partition coefficient (Wildman–Crippen LogP) is 6.36. The molecule has 0 radical (unpaired) electrons. The van der Waals surface area contributed by atoms with E-state index in [2.05, 4.69) is 25.7 Å². The standard InChI is InChI=1S/C31H36ClFN6O6/c1-17-23(13-12-22(32)26(17)33)37-31(43)45-15-7-14-39(3)29(41)21-8-5-6-9-25(40)36-24-16-19(35-30(42)44-4)10-11-20(24)27-18(2)34-28(21)38-27/h10-13,16,21H,5-9,14-15H2,1-4H3,(H,34,38)(H,35,42)(H,36,40)(H,37,43). The Kier molecular flexibility index (Phi) is 11.0. The largest absolute Gasteiger partial charge is 0.453 e. The maximum Gasteiger partial charge on any atom is 0.411 e. The summed E-state index contributed by atoms with van der Waals surface area (Å²) in [5.41, 5.74) is 3.27. The molecule has 0 aliphatic carbocycles. The molecule has 0 saturated heterocycles. The minimum Gasteiger partial charge on any atom is -0.453 e. The maximum atomic E-state index is 14.0. The van der Waals surface area contributed by atoms with E-state index in [-0.39, 0.29) is 41.1 Å². The number of hydrogen-bond donors (Lipinski definition) is 4. The van der Waals surface area contributed by atoms with Gasteiger partial charge >= 0.3 is 12.2 Å². The molecule has 3 aromatic rings. The number of ether oxygens (including phenoxy) is 2. The Bertz CT molecular complexity index is 1590. The predicted molar refractivity (Wildman–Crippen MR) is 168 cm³/mol. The van der Waals surface area contributed by atoms with Crippen LogP contribution in [0.2, 0.25) is 5.02 Å². The number of halogens is 2. The van der Waals surface area contributed by atoms with Crippen LogP contribution in [0, 0.1) is 19.7 Å². The lowest BCUT2D eigenvalue weighted by Gasteiger charge is -2.23. The van der Waals surface area contributed by atoms with Crippen molar-refractivity contribution in [2.75, 3.05) is 43.3 Å². The molecule has 0 fully saturated rings. The number of fused-ring (bicyclic) bond motifs is 4. The Morgan fingerprint density at radius 3 is 2.67 bits per heavy atom. The van der Waals surface area contributed by atoms with Crippen molar-refractivity contribution in [3.63, 3.8) is 0 Å². The van der Waals surface area contributed by atoms with Gasteiger partial charge < -0.3 is 24.7 Å². The van der Waals surface area contributed by atoms with Crippen molar-refractivity contribution in [2.45, 2.75) is 51.9 Å². The first kappa shape index (κ1) is 33.2. The second kappa shape index (κ2) is 14.9. The number of benzene rings is 2. The van der Waals surface area contributed by atoms with Crippen LogP contribution in [0.1, 0.15) is 55.1 Å². The molecular weight excluding hydrogens is 607 g/mol. The third-order valence-electron chi connectivity index (χ3n) is 7.48. The van der Waals surface area contributed by atoms with Crippen LogP contribution in [0.15, 0.2) is 30.3 Å². The molecule has 0 saturated carbocycles. The molecule has 1 atom stereocenters. The van der Waals surface area contributed by atoms with Crippen LogP contribution in [0.3, 0.4) is 0 Å². The summed E-state index contributed by atoms with van der Waals surface area (Å²) in [6.45, 7) is 3.68. The highest BCUT2D eigenvalue weighted by Crippen LogP contribution is 2.35. The lowest BCUT2D eigenvalue weighted by atomic mass is 9.98. The zero-order valence-corrected chi connectivity index (χ0v) is 26.3. The fraction of sp³-hybridized carbons (Fsp3) is 0.387. The summed E-state index contributed by atoms with van der Waals surface area (Å²) >= 11 is 5.76. The summed E-state index contributed by atoms with van der Waals surface area (Å²) in [5.74, 6) is -1.04. The summed E-state index contributed by atoms with van der Waals surface area (Å²) in [6.07, 6.45) is 0.882. The number of amides is 4. The van der Waals surface area contributed by atoms with E-state index in [9.17, 15) is 23.6 Å². The highest BCUT2D eigenvalue weighted by Gasteiger charge is 2.29. The average Bonchev–Trinajstić information content (AvgIpc) is 3.39. The fourth-order valence-electron chi connectivity index (χ4n) is 5.01. The van der Waals surface area contributed by atoms with E-state index in [0.29, 0.717) is 66.4 Å². The molecule has 1 aliphatic heterocycles. The van der Waals surface area contributed by atoms with Gasteiger partial charge in [-0.3, -0.25) is 20.2 Å². The maximum absolute atomic E-state index is 14.0. The van der Waals surface area contributed by atoms with Crippen molar-refractivity contribution in [3.8, 4) is 11.3 Å². The number of nitrogens with zero attached hydrogens (tertiary/aromatic N) is 2. The molecule has 2 heterocycles. The minimum atomic E-state index is -0.746. The first-order chi connectivity index (χ1) is 21.5. The Morgan fingerprint density at radius 1 is 1.13 bits per heavy atom. The van der Waals surface area contributed by atoms with Crippen molar-refractivity contribution in [2.24, 2.45) is 0 Å². The first-order valence-corrected chi connectivity index (χ1v) is 14.8. The van der Waals surface area contributed by atoms with Crippen molar-refractivity contribution in [1.29, 1.82) is 0 Å². The molecule has 12 nitrogen and oxygen atoms in total. The monoisotopic (exact) mass is 642 g/mol. The number of H-pyrrole nitrogens is 1. The van der Waals surface area contributed by atoms with Gasteiger partial charge in [0.2, 0.25) is 11.8 Å². The second-order valence-electron chi connectivity index (χ2n) is 10.7. The summed E-state index contributed by atoms with van der Waals surface area (Å²) < 4.78 is 23.9. The number of carbonyl (C=O) groups excluding carboxylic acids is 4. The number of likely N-dealkylation sites (N-methyl/N-ethyl adjacent to an activating group) is 1. The molecule has 1 unspecified atom stereocenters. The van der Waals surface area contributed by atoms with E-state index in [1.165, 1.54) is 26.2 Å². The number of nitrogens with one attached hydrogen (secondary N) is 4. The molecule has 240 valence electrons. The van der Waals surface area contributed by atoms with Gasteiger partial charge in [-0.25, -0.2) is 19.0 Å². The van der Waals surface area contributed by atoms with Gasteiger partial charge in [0, 0.05) is 48.2 Å². The number of aryl methyl sites for hydroxylation is 1. The SMILES string of the molecule is COC(=O)Nc1ccc2c(c1)NC(=O)CCCCC(C(=O)N(C)CCCOC(=O)Nc1ccc(Cl)c(F)c1C)c1nc-2c(C)[nH]1. The Morgan fingerprint density at radius 2 is 1.91 bits per heavy atom. The summed E-state index contributed by atoms with van der Waals surface area (Å²) in [5, 5.41) is 7.98. The Balaban J connectivity index is 1.43. The lowest BCUT2D eigenvalue weighted by molar-refractivity contribution is -0.132. The van der Waals surface area contributed by atoms with E-state index in [0.717, 1.165) is 0 Å². The van der Waals surface area contributed by atoms with Gasteiger partial charge in [0.05, 0.1) is 36.0 Å². The normalized spacial score (nSPS) is 14.6. The van der Waals surface area contributed by atoms with E-state index in [1.807, 2.05) is 6.92 Å². The van der Waals surface area contributed by atoms with Crippen LogP contribution in [0.5, 0.6) is 0 Å². The third-order valence-corrected chi connectivity index (χ3v) is 7.77. The number of methoxy groups -OCH3 is 1. The number of hydrogen-bond acceptors (Lipinski definition) is 7. The molecule has 4 N–H and O–H groups in total. The van der Waals surface area contributed by atoms with Crippen LogP contribution in [0.4, 0.5) is 31.0 Å². The molecule has 1 aromatic heterocycles. The van der Waals surface area contributed by atoms with Crippen molar-refractivity contribution >= 4 is 52.7 Å². The minimum absolute atomic E-state index is 0.0337. The van der Waals surface area contributed by atoms with Crippen LogP contribution < -0.4 is 16.0 Å². The van der Waals surface area contributed by atoms with Crippen molar-refractivity contribution in [1.82, 2.24) is 14.9 Å². The van der Waals surface area contributed by atoms with Gasteiger partial charge in [-0.15, -0.1) is 0 Å². The Hall–Kier alpha value is -4.65. The highest BCUT2D eigenvalue weighted by molar-refractivity contribution is 6.30. The topological polar surface area (TPSA) is 155 Å². The quantitative estimate of drug-likeness (QED) is 0.219. The zero-order chi connectivity index (χ0) is 32.7. The van der Waals surface area contributed by atoms with Gasteiger partial charge in [-0.2, -0.15) is 0 Å². The number of aromatic amines is 1. The highest BCUT2D eigenvalue weighted by atomic mass is 35.5. The Labute approximate surface area is 265 Å². The summed E-state index contributed by atoms with van der Waals surface area (Å²) in [6, 6.07) is 7.89. The molecule has 14 heteroatoms. The number of anilines is 3. The third kappa shape index (κ3) is 8.29. The lowest BCUT2D eigenvalue weighted by Crippen LogP contribution is -2.34. The van der Waals surface area contributed by atoms with Gasteiger partial charge in [0.15, 0.2) is 0 Å². The van der Waals surface area contributed by atoms with Gasteiger partial charge in [0.1, 0.15) is 11.6 Å². The second-order valence-corrected chi connectivity index (χ2v) is 11.1. The smallest absolute Gasteiger partial charge is 0.411 e. The van der Waals surface area contributed by atoms with E-state index in [4.69, 9.17) is 21.3 Å². The van der Waals surface area contributed by atoms with Crippen LogP contribution in [-0.2, 0) is 19.1 Å². The summed E-state index contributed by atoms with van der Waals surface area (Å²) in [7, 11) is 2.93. The molecular formula is C31H36ClFN6O6. The van der Waals surface area contributed by atoms with E-state index < -0.39 is 23.9 Å². The summed E-state index contributed by atoms with van der Waals surface area (Å²) in [4.78, 5) is 60.0. The average molecular weight is 643 g/mol. The van der Waals surface area contributed by atoms with Crippen molar-refractivity contribution in [3.05, 3.63) is 58.3 Å². The number of rotatable bonds is 7. The first-order valence-electron chi connectivity index (χ1n) is 14.5. The van der Waals surface area contributed by atoms with Crippen LogP contribution in [-0.4, -0.2) is 66.2 Å². The van der Waals surface area contributed by atoms with Crippen LogP contribution in [0.25, 0.3) is 11.3 Å². The number of aromatic nitrogens is 2. The molecule has 0 spiro atoms. The van der Waals surface area contributed by atoms with Gasteiger partial charge in [-0.1, -0.05) is 18.0 Å². The molecule has 2 bridgehead atoms. The molecule has 45 heavy (non-hydrogen) atoms. The zero-order valence-electron chi connectivity index (χ0n) is 25.5. The molecule has 4 amide bonds. The number of imidazole rings is 1. The van der Waals surface area contributed by atoms with Gasteiger partial charge in [-0.05, 0) is 63.4 Å². The van der Waals surface area contributed by atoms with Crippen LogP contribution >= 0.6 is 11.6 Å². The van der Waals surface area contributed by atoms with Crippen molar-refractivity contribution < 1.29 is 33.0 Å². The molecule has 2 aromatic carbocycles. The van der Waals surface area contributed by atoms with Gasteiger partial charge in [0.25, 0.3) is 0 Å².